The molecule has 1 amide bonds. The maximum atomic E-state index is 12.9. The molecule has 0 aliphatic rings. The maximum Gasteiger partial charge on any atom is 0.326 e. The lowest BCUT2D eigenvalue weighted by molar-refractivity contribution is -0.143. The Labute approximate surface area is 202 Å². The molecule has 0 spiro atoms. The molecular weight excluding hydrogens is 478 g/mol. The molecular formula is C23H27N3O6S2. The van der Waals surface area contributed by atoms with Crippen LogP contribution in [0.4, 0.5) is 0 Å². The van der Waals surface area contributed by atoms with E-state index >= 15 is 0 Å². The number of hydrogen-bond acceptors (Lipinski definition) is 7. The van der Waals surface area contributed by atoms with E-state index < -0.39 is 21.9 Å². The first-order chi connectivity index (χ1) is 16.2. The first kappa shape index (κ1) is 25.6. The average molecular weight is 506 g/mol. The quantitative estimate of drug-likeness (QED) is 0.414. The Kier molecular flexibility index (Phi) is 8.24. The molecule has 1 heterocycles. The van der Waals surface area contributed by atoms with E-state index in [2.05, 4.69) is 4.99 Å². The highest BCUT2D eigenvalue weighted by Gasteiger charge is 2.22. The van der Waals surface area contributed by atoms with Crippen LogP contribution in [-0.2, 0) is 26.1 Å². The number of thiazole rings is 1. The van der Waals surface area contributed by atoms with Crippen LogP contribution in [0, 0.1) is 0 Å². The Hall–Kier alpha value is -3.02. The van der Waals surface area contributed by atoms with Gasteiger partial charge in [-0.3, -0.25) is 9.59 Å². The number of carbonyl (C=O) groups excluding carboxylic acids is 2. The number of carbonyl (C=O) groups is 2. The second-order valence-corrected chi connectivity index (χ2v) is 10.1. The van der Waals surface area contributed by atoms with Crippen molar-refractivity contribution in [1.82, 2.24) is 8.87 Å². The number of ether oxygens (including phenoxy) is 2. The summed E-state index contributed by atoms with van der Waals surface area (Å²) in [4.78, 5) is 29.7. The lowest BCUT2D eigenvalue weighted by atomic mass is 10.2. The maximum absolute atomic E-state index is 12.9. The van der Waals surface area contributed by atoms with Gasteiger partial charge in [-0.15, -0.1) is 0 Å². The minimum Gasteiger partial charge on any atom is -0.497 e. The number of esters is 1. The lowest BCUT2D eigenvalue weighted by Crippen LogP contribution is -2.30. The summed E-state index contributed by atoms with van der Waals surface area (Å²) in [5.41, 5.74) is 0.947. The van der Waals surface area contributed by atoms with Crippen LogP contribution >= 0.6 is 11.3 Å². The molecule has 11 heteroatoms. The third-order valence-corrected chi connectivity index (χ3v) is 8.23. The number of benzene rings is 2. The van der Waals surface area contributed by atoms with Gasteiger partial charge in [0.15, 0.2) is 4.80 Å². The molecule has 0 atom stereocenters. The summed E-state index contributed by atoms with van der Waals surface area (Å²) in [6.07, 6.45) is 0. The van der Waals surface area contributed by atoms with E-state index in [1.807, 2.05) is 0 Å². The molecule has 0 radical (unpaired) electrons. The fourth-order valence-corrected chi connectivity index (χ4v) is 5.90. The van der Waals surface area contributed by atoms with E-state index in [0.29, 0.717) is 29.2 Å². The zero-order chi connectivity index (χ0) is 24.9. The summed E-state index contributed by atoms with van der Waals surface area (Å²) in [5, 5.41) is 0. The van der Waals surface area contributed by atoms with Crippen LogP contribution in [-0.4, -0.2) is 56.0 Å². The summed E-state index contributed by atoms with van der Waals surface area (Å²) in [7, 11) is -2.07. The van der Waals surface area contributed by atoms with E-state index in [-0.39, 0.29) is 23.6 Å². The molecule has 0 N–H and O–H groups in total. The number of fused-ring (bicyclic) bond motifs is 1. The summed E-state index contributed by atoms with van der Waals surface area (Å²) in [5.74, 6) is -0.360. The predicted octanol–water partition coefficient (Wildman–Crippen LogP) is 3.05. The van der Waals surface area contributed by atoms with Crippen molar-refractivity contribution in [2.24, 2.45) is 4.99 Å². The topological polar surface area (TPSA) is 107 Å². The van der Waals surface area contributed by atoms with Crippen molar-refractivity contribution >= 4 is 43.5 Å². The molecule has 34 heavy (non-hydrogen) atoms. The Morgan fingerprint density at radius 3 is 2.32 bits per heavy atom. The van der Waals surface area contributed by atoms with E-state index in [9.17, 15) is 18.0 Å². The first-order valence-corrected chi connectivity index (χ1v) is 13.0. The summed E-state index contributed by atoms with van der Waals surface area (Å²) in [6.45, 7) is 6.10. The monoisotopic (exact) mass is 505 g/mol. The Morgan fingerprint density at radius 1 is 1.06 bits per heavy atom. The van der Waals surface area contributed by atoms with Gasteiger partial charge in [0.25, 0.3) is 5.91 Å². The van der Waals surface area contributed by atoms with Crippen molar-refractivity contribution in [2.45, 2.75) is 32.2 Å². The Balaban J connectivity index is 2.01. The van der Waals surface area contributed by atoms with Crippen LogP contribution in [0.15, 0.2) is 52.4 Å². The molecule has 3 rings (SSSR count). The summed E-state index contributed by atoms with van der Waals surface area (Å²) < 4.78 is 39.5. The second kappa shape index (κ2) is 10.9. The smallest absolute Gasteiger partial charge is 0.326 e. The molecule has 0 aliphatic carbocycles. The molecule has 2 aromatic carbocycles. The molecule has 1 aromatic heterocycles. The average Bonchev–Trinajstić information content (AvgIpc) is 3.15. The minimum absolute atomic E-state index is 0.104. The molecule has 3 aromatic rings. The largest absolute Gasteiger partial charge is 0.497 e. The van der Waals surface area contributed by atoms with Crippen LogP contribution in [0.3, 0.4) is 0 Å². The number of hydrogen-bond donors (Lipinski definition) is 0. The zero-order valence-corrected chi connectivity index (χ0v) is 21.1. The van der Waals surface area contributed by atoms with Crippen molar-refractivity contribution in [3.63, 3.8) is 0 Å². The van der Waals surface area contributed by atoms with Gasteiger partial charge in [-0.1, -0.05) is 25.2 Å². The van der Waals surface area contributed by atoms with Crippen molar-refractivity contribution in [3.05, 3.63) is 52.8 Å². The minimum atomic E-state index is -3.63. The van der Waals surface area contributed by atoms with Gasteiger partial charge in [-0.05, 0) is 49.4 Å². The standard InChI is InChI=1S/C23H27N3O6S2/c1-5-25(6-2)34(29,30)18-11-8-16(9-12-18)22(28)24-23-26(15-21(27)32-7-3)19-13-10-17(31-4)14-20(19)33-23/h8-14H,5-7,15H2,1-4H3. The molecule has 0 saturated carbocycles. The normalized spacial score (nSPS) is 12.3. The Morgan fingerprint density at radius 2 is 1.74 bits per heavy atom. The van der Waals surface area contributed by atoms with Crippen LogP contribution in [0.25, 0.3) is 10.2 Å². The Bertz CT molecular complexity index is 1350. The number of rotatable bonds is 9. The van der Waals surface area contributed by atoms with Crippen LogP contribution < -0.4 is 9.54 Å². The highest BCUT2D eigenvalue weighted by atomic mass is 32.2. The van der Waals surface area contributed by atoms with Gasteiger partial charge in [0.2, 0.25) is 10.0 Å². The van der Waals surface area contributed by atoms with Gasteiger partial charge in [0, 0.05) is 18.7 Å². The molecule has 182 valence electrons. The van der Waals surface area contributed by atoms with E-state index in [4.69, 9.17) is 9.47 Å². The van der Waals surface area contributed by atoms with Gasteiger partial charge in [0.1, 0.15) is 12.3 Å². The second-order valence-electron chi connectivity index (χ2n) is 7.14. The van der Waals surface area contributed by atoms with Crippen LogP contribution in [0.1, 0.15) is 31.1 Å². The van der Waals surface area contributed by atoms with Gasteiger partial charge in [-0.2, -0.15) is 9.30 Å². The third kappa shape index (κ3) is 5.37. The SMILES string of the molecule is CCOC(=O)Cn1c(=NC(=O)c2ccc(S(=O)(=O)N(CC)CC)cc2)sc2cc(OC)ccc21. The first-order valence-electron chi connectivity index (χ1n) is 10.8. The number of nitrogens with zero attached hydrogens (tertiary/aromatic N) is 3. The van der Waals surface area contributed by atoms with Gasteiger partial charge in [-0.25, -0.2) is 8.42 Å². The number of sulfonamides is 1. The summed E-state index contributed by atoms with van der Waals surface area (Å²) >= 11 is 1.24. The third-order valence-electron chi connectivity index (χ3n) is 5.12. The fraction of sp³-hybridized carbons (Fsp3) is 0.348. The molecule has 0 saturated heterocycles. The number of amides is 1. The van der Waals surface area contributed by atoms with Crippen molar-refractivity contribution in [2.75, 3.05) is 26.8 Å². The molecule has 9 nitrogen and oxygen atoms in total. The number of aromatic nitrogens is 1. The molecule has 0 aliphatic heterocycles. The van der Waals surface area contributed by atoms with E-state index in [1.54, 1.807) is 50.6 Å². The summed E-state index contributed by atoms with van der Waals surface area (Å²) in [6, 6.07) is 11.0. The van der Waals surface area contributed by atoms with Crippen molar-refractivity contribution in [3.8, 4) is 5.75 Å². The van der Waals surface area contributed by atoms with Gasteiger partial charge in [0.05, 0.1) is 28.8 Å². The zero-order valence-electron chi connectivity index (χ0n) is 19.5. The van der Waals surface area contributed by atoms with Crippen molar-refractivity contribution in [1.29, 1.82) is 0 Å². The van der Waals surface area contributed by atoms with Gasteiger partial charge >= 0.3 is 5.97 Å². The number of methoxy groups -OCH3 is 1. The van der Waals surface area contributed by atoms with Gasteiger partial charge < -0.3 is 14.0 Å². The van der Waals surface area contributed by atoms with E-state index in [1.165, 1.54) is 39.9 Å². The highest BCUT2D eigenvalue weighted by Crippen LogP contribution is 2.23. The fourth-order valence-electron chi connectivity index (χ4n) is 3.39. The lowest BCUT2D eigenvalue weighted by Gasteiger charge is -2.18. The highest BCUT2D eigenvalue weighted by molar-refractivity contribution is 7.89. The molecule has 0 bridgehead atoms. The van der Waals surface area contributed by atoms with Crippen LogP contribution in [0.2, 0.25) is 0 Å². The van der Waals surface area contributed by atoms with Crippen LogP contribution in [0.5, 0.6) is 5.75 Å². The van der Waals surface area contributed by atoms with E-state index in [0.717, 1.165) is 4.70 Å². The van der Waals surface area contributed by atoms with Crippen molar-refractivity contribution < 1.29 is 27.5 Å². The predicted molar refractivity (Wildman–Crippen MR) is 129 cm³/mol. The molecule has 0 fully saturated rings. The molecule has 0 unspecified atom stereocenters.